The lowest BCUT2D eigenvalue weighted by Crippen LogP contribution is -2.44. The van der Waals surface area contributed by atoms with Crippen LogP contribution in [0.1, 0.15) is 47.2 Å². The first kappa shape index (κ1) is 33.7. The van der Waals surface area contributed by atoms with E-state index >= 15 is 0 Å². The van der Waals surface area contributed by atoms with Crippen LogP contribution in [0.5, 0.6) is 0 Å². The van der Waals surface area contributed by atoms with Gasteiger partial charge in [0.2, 0.25) is 0 Å². The Kier molecular flexibility index (Phi) is 7.16. The Morgan fingerprint density at radius 1 is 0.356 bits per heavy atom. The molecule has 8 aromatic carbocycles. The van der Waals surface area contributed by atoms with Crippen molar-refractivity contribution in [2.45, 2.75) is 24.7 Å². The molecule has 1 unspecified atom stereocenters. The van der Waals surface area contributed by atoms with E-state index in [1.165, 1.54) is 66.4 Å². The second kappa shape index (κ2) is 12.5. The van der Waals surface area contributed by atoms with Gasteiger partial charge in [-0.3, -0.25) is 0 Å². The maximum atomic E-state index is 5.29. The summed E-state index contributed by atoms with van der Waals surface area (Å²) < 4.78 is 2.50. The summed E-state index contributed by atoms with van der Waals surface area (Å²) in [5.41, 5.74) is 15.7. The Balaban J connectivity index is 1.14. The highest BCUT2D eigenvalue weighted by Gasteiger charge is 2.52. The molecule has 0 radical (unpaired) electrons. The smallest absolute Gasteiger partial charge is 0.164 e. The summed E-state index contributed by atoms with van der Waals surface area (Å²) in [6, 6.07) is 70.1. The van der Waals surface area contributed by atoms with E-state index in [4.69, 9.17) is 15.0 Å². The average Bonchev–Trinajstić information content (AvgIpc) is 3.65. The molecule has 2 aliphatic rings. The highest BCUT2D eigenvalue weighted by atomic mass is 15.0. The van der Waals surface area contributed by atoms with Crippen molar-refractivity contribution in [2.75, 3.05) is 0 Å². The molecule has 59 heavy (non-hydrogen) atoms. The molecular weight excluding hydrogens is 717 g/mol. The van der Waals surface area contributed by atoms with Crippen molar-refractivity contribution >= 4 is 21.8 Å². The summed E-state index contributed by atoms with van der Waals surface area (Å²) in [6.07, 6.45) is 0. The molecule has 0 saturated heterocycles. The average molecular weight is 755 g/mol. The lowest BCUT2D eigenvalue weighted by molar-refractivity contribution is 0.556. The second-order valence-corrected chi connectivity index (χ2v) is 16.4. The lowest BCUT2D eigenvalue weighted by atomic mass is 9.53. The molecule has 12 rings (SSSR count). The molecular formula is C55H38N4. The SMILES string of the molecule is CC1(C)c2ccccc2C2(c3ccccc3-n3c4ccccc4c4cccc2c43)c2cc(-c3nc(-c4ccccc4)nc(-c4ccc(-c5ccccc5)cc4)n3)ccc21. The zero-order valence-electron chi connectivity index (χ0n) is 32.8. The van der Waals surface area contributed by atoms with Gasteiger partial charge in [-0.05, 0) is 62.7 Å². The molecule has 1 aliphatic carbocycles. The monoisotopic (exact) mass is 754 g/mol. The van der Waals surface area contributed by atoms with Crippen molar-refractivity contribution in [3.63, 3.8) is 0 Å². The van der Waals surface area contributed by atoms with Crippen LogP contribution in [-0.2, 0) is 10.8 Å². The summed E-state index contributed by atoms with van der Waals surface area (Å²) in [4.78, 5) is 15.6. The predicted octanol–water partition coefficient (Wildman–Crippen LogP) is 13.0. The minimum absolute atomic E-state index is 0.275. The molecule has 278 valence electrons. The molecule has 4 heteroatoms. The van der Waals surface area contributed by atoms with E-state index < -0.39 is 5.41 Å². The number of hydrogen-bond acceptors (Lipinski definition) is 3. The van der Waals surface area contributed by atoms with Crippen molar-refractivity contribution in [1.82, 2.24) is 19.5 Å². The van der Waals surface area contributed by atoms with E-state index in [0.717, 1.165) is 22.3 Å². The van der Waals surface area contributed by atoms with Crippen LogP contribution in [0, 0.1) is 0 Å². The number of fused-ring (bicyclic) bond motifs is 11. The van der Waals surface area contributed by atoms with Crippen LogP contribution in [0.3, 0.4) is 0 Å². The number of nitrogens with zero attached hydrogens (tertiary/aromatic N) is 4. The molecule has 2 aromatic heterocycles. The number of rotatable bonds is 4. The molecule has 0 amide bonds. The standard InChI is InChI=1S/C55H38N4/c1-54(2)42-22-10-11-23-44(42)55(45-24-12-14-27-49(45)59-48-26-13-9-20-40(48)41-21-15-25-46(55)50(41)59)47-34-39(32-33-43(47)54)53-57-51(37-18-7-4-8-19-37)56-52(58-53)38-30-28-36(29-31-38)35-16-5-3-6-17-35/h3-34H,1-2H3. The van der Waals surface area contributed by atoms with Gasteiger partial charge in [0.05, 0.1) is 22.1 Å². The Morgan fingerprint density at radius 3 is 1.59 bits per heavy atom. The zero-order valence-corrected chi connectivity index (χ0v) is 32.8. The van der Waals surface area contributed by atoms with Crippen LogP contribution in [-0.4, -0.2) is 19.5 Å². The van der Waals surface area contributed by atoms with E-state index in [1.54, 1.807) is 0 Å². The van der Waals surface area contributed by atoms with Gasteiger partial charge in [0, 0.05) is 32.9 Å². The highest BCUT2D eigenvalue weighted by Crippen LogP contribution is 2.60. The van der Waals surface area contributed by atoms with E-state index in [2.05, 4.69) is 188 Å². The van der Waals surface area contributed by atoms with Crippen molar-refractivity contribution in [3.8, 4) is 51.0 Å². The van der Waals surface area contributed by atoms with Gasteiger partial charge >= 0.3 is 0 Å². The third-order valence-electron chi connectivity index (χ3n) is 12.9. The second-order valence-electron chi connectivity index (χ2n) is 16.4. The summed E-state index contributed by atoms with van der Waals surface area (Å²) in [5.74, 6) is 1.93. The molecule has 0 bridgehead atoms. The van der Waals surface area contributed by atoms with Gasteiger partial charge in [-0.25, -0.2) is 15.0 Å². The predicted molar refractivity (Wildman–Crippen MR) is 240 cm³/mol. The van der Waals surface area contributed by atoms with Gasteiger partial charge in [0.25, 0.3) is 0 Å². The van der Waals surface area contributed by atoms with Gasteiger partial charge in [0.15, 0.2) is 17.5 Å². The molecule has 0 N–H and O–H groups in total. The third kappa shape index (κ3) is 4.74. The maximum absolute atomic E-state index is 5.29. The molecule has 10 aromatic rings. The normalized spacial score (nSPS) is 15.8. The molecule has 1 aliphatic heterocycles. The first-order valence-corrected chi connectivity index (χ1v) is 20.4. The van der Waals surface area contributed by atoms with Crippen LogP contribution in [0.25, 0.3) is 72.8 Å². The molecule has 3 heterocycles. The quantitative estimate of drug-likeness (QED) is 0.180. The molecule has 1 atom stereocenters. The minimum atomic E-state index is -0.622. The van der Waals surface area contributed by atoms with Gasteiger partial charge in [-0.1, -0.05) is 190 Å². The van der Waals surface area contributed by atoms with Crippen molar-refractivity contribution in [2.24, 2.45) is 0 Å². The maximum Gasteiger partial charge on any atom is 0.164 e. The van der Waals surface area contributed by atoms with Crippen LogP contribution in [0.2, 0.25) is 0 Å². The highest BCUT2D eigenvalue weighted by molar-refractivity contribution is 6.12. The topological polar surface area (TPSA) is 43.6 Å². The van der Waals surface area contributed by atoms with Gasteiger partial charge in [-0.15, -0.1) is 0 Å². The number of benzene rings is 8. The fraction of sp³-hybridized carbons (Fsp3) is 0.0727. The zero-order chi connectivity index (χ0) is 39.3. The number of hydrogen-bond donors (Lipinski definition) is 0. The van der Waals surface area contributed by atoms with E-state index in [0.29, 0.717) is 17.5 Å². The van der Waals surface area contributed by atoms with Crippen molar-refractivity contribution in [1.29, 1.82) is 0 Å². The molecule has 0 saturated carbocycles. The summed E-state index contributed by atoms with van der Waals surface area (Å²) in [7, 11) is 0. The number of para-hydroxylation sites is 3. The molecule has 0 fully saturated rings. The van der Waals surface area contributed by atoms with E-state index in [1.807, 2.05) is 24.3 Å². The first-order chi connectivity index (χ1) is 29.0. The van der Waals surface area contributed by atoms with Gasteiger partial charge in [0.1, 0.15) is 0 Å². The first-order valence-electron chi connectivity index (χ1n) is 20.4. The van der Waals surface area contributed by atoms with E-state index in [-0.39, 0.29) is 5.41 Å². The van der Waals surface area contributed by atoms with Crippen LogP contribution in [0.4, 0.5) is 0 Å². The Hall–Kier alpha value is -7.43. The van der Waals surface area contributed by atoms with Crippen molar-refractivity contribution in [3.05, 3.63) is 228 Å². The molecule has 1 spiro atoms. The van der Waals surface area contributed by atoms with E-state index in [9.17, 15) is 0 Å². The Labute approximate surface area is 343 Å². The third-order valence-corrected chi connectivity index (χ3v) is 12.9. The van der Waals surface area contributed by atoms with Crippen LogP contribution < -0.4 is 0 Å². The largest absolute Gasteiger partial charge is 0.309 e. The summed E-state index contributed by atoms with van der Waals surface area (Å²) in [6.45, 7) is 4.74. The minimum Gasteiger partial charge on any atom is -0.309 e. The lowest BCUT2D eigenvalue weighted by Gasteiger charge is -2.50. The molecule has 4 nitrogen and oxygen atoms in total. The van der Waals surface area contributed by atoms with Gasteiger partial charge in [-0.2, -0.15) is 0 Å². The fourth-order valence-electron chi connectivity index (χ4n) is 10.3. The summed E-state index contributed by atoms with van der Waals surface area (Å²) in [5, 5.41) is 2.53. The van der Waals surface area contributed by atoms with Crippen molar-refractivity contribution < 1.29 is 0 Å². The Bertz CT molecular complexity index is 3290. The summed E-state index contributed by atoms with van der Waals surface area (Å²) >= 11 is 0. The fourth-order valence-corrected chi connectivity index (χ4v) is 10.3. The van der Waals surface area contributed by atoms with Gasteiger partial charge < -0.3 is 4.57 Å². The number of aromatic nitrogens is 4. The van der Waals surface area contributed by atoms with Crippen LogP contribution >= 0.6 is 0 Å². The van der Waals surface area contributed by atoms with Crippen LogP contribution in [0.15, 0.2) is 194 Å². The Morgan fingerprint density at radius 2 is 0.847 bits per heavy atom.